The van der Waals surface area contributed by atoms with E-state index in [0.29, 0.717) is 13.1 Å². The van der Waals surface area contributed by atoms with Crippen LogP contribution in [-0.4, -0.2) is 41.9 Å². The molecule has 0 spiro atoms. The van der Waals surface area contributed by atoms with Crippen molar-refractivity contribution >= 4 is 17.2 Å². The topological polar surface area (TPSA) is 36.7 Å². The molecule has 0 unspecified atom stereocenters. The van der Waals surface area contributed by atoms with E-state index >= 15 is 0 Å². The molecule has 6 heteroatoms. The summed E-state index contributed by atoms with van der Waals surface area (Å²) in [5.41, 5.74) is 0.929. The molecular weight excluding hydrogens is 351 g/mol. The minimum atomic E-state index is -0.256. The second kappa shape index (κ2) is 7.43. The molecule has 4 nitrogen and oxygen atoms in total. The van der Waals surface area contributed by atoms with Gasteiger partial charge in [-0.1, -0.05) is 12.1 Å². The summed E-state index contributed by atoms with van der Waals surface area (Å²) in [5.74, 6) is 0.766. The number of hydrogen-bond donors (Lipinski definition) is 0. The first-order chi connectivity index (χ1) is 12.7. The van der Waals surface area contributed by atoms with Gasteiger partial charge in [0.2, 0.25) is 0 Å². The molecule has 1 saturated heterocycles. The van der Waals surface area contributed by atoms with Gasteiger partial charge in [0.25, 0.3) is 5.91 Å². The Bertz CT molecular complexity index is 866. The molecule has 0 aliphatic carbocycles. The molecule has 0 bridgehead atoms. The minimum absolute atomic E-state index is 0.0704. The molecule has 0 radical (unpaired) electrons. The van der Waals surface area contributed by atoms with Gasteiger partial charge >= 0.3 is 0 Å². The molecule has 3 heterocycles. The maximum Gasteiger partial charge on any atom is 0.264 e. The highest BCUT2D eigenvalue weighted by atomic mass is 32.1. The molecule has 1 aliphatic rings. The van der Waals surface area contributed by atoms with Gasteiger partial charge in [0, 0.05) is 31.1 Å². The minimum Gasteiger partial charge on any atom is -0.468 e. The molecule has 1 amide bonds. The van der Waals surface area contributed by atoms with E-state index in [1.807, 2.05) is 29.2 Å². The summed E-state index contributed by atoms with van der Waals surface area (Å²) >= 11 is 1.46. The summed E-state index contributed by atoms with van der Waals surface area (Å²) < 4.78 is 18.5. The van der Waals surface area contributed by atoms with E-state index < -0.39 is 0 Å². The lowest BCUT2D eigenvalue weighted by Gasteiger charge is -2.34. The van der Waals surface area contributed by atoms with Crippen molar-refractivity contribution in [3.8, 4) is 10.4 Å². The average Bonchev–Trinajstić information content (AvgIpc) is 3.34. The van der Waals surface area contributed by atoms with Crippen molar-refractivity contribution in [2.75, 3.05) is 26.2 Å². The Balaban J connectivity index is 1.37. The van der Waals surface area contributed by atoms with Crippen LogP contribution in [0.25, 0.3) is 10.4 Å². The van der Waals surface area contributed by atoms with Gasteiger partial charge in [-0.05, 0) is 42.0 Å². The van der Waals surface area contributed by atoms with E-state index in [2.05, 4.69) is 4.90 Å². The molecule has 3 aromatic rings. The summed E-state index contributed by atoms with van der Waals surface area (Å²) in [6.07, 6.45) is 1.69. The number of rotatable bonds is 4. The van der Waals surface area contributed by atoms with Gasteiger partial charge in [0.1, 0.15) is 11.6 Å². The van der Waals surface area contributed by atoms with Crippen LogP contribution >= 0.6 is 11.3 Å². The third kappa shape index (κ3) is 3.71. The Hall–Kier alpha value is -2.44. The fraction of sp³-hybridized carbons (Fsp3) is 0.250. The molecule has 26 heavy (non-hydrogen) atoms. The number of nitrogens with zero attached hydrogens (tertiary/aromatic N) is 2. The SMILES string of the molecule is O=C(c1ccc(-c2ccc(F)cc2)s1)N1CCN(Cc2ccco2)CC1. The van der Waals surface area contributed by atoms with Gasteiger partial charge < -0.3 is 9.32 Å². The van der Waals surface area contributed by atoms with Crippen molar-refractivity contribution in [3.05, 3.63) is 71.2 Å². The van der Waals surface area contributed by atoms with Crippen LogP contribution in [0.4, 0.5) is 4.39 Å². The Labute approximate surface area is 155 Å². The average molecular weight is 370 g/mol. The van der Waals surface area contributed by atoms with Crippen molar-refractivity contribution in [2.24, 2.45) is 0 Å². The number of thiophene rings is 1. The molecule has 134 valence electrons. The Morgan fingerprint density at radius 3 is 2.50 bits per heavy atom. The van der Waals surface area contributed by atoms with Crippen molar-refractivity contribution in [3.63, 3.8) is 0 Å². The van der Waals surface area contributed by atoms with Crippen LogP contribution in [0.15, 0.2) is 59.2 Å². The van der Waals surface area contributed by atoms with Gasteiger partial charge in [-0.25, -0.2) is 4.39 Å². The fourth-order valence-corrected chi connectivity index (χ4v) is 4.09. The van der Waals surface area contributed by atoms with Gasteiger partial charge in [-0.15, -0.1) is 11.3 Å². The number of amides is 1. The number of benzene rings is 1. The van der Waals surface area contributed by atoms with E-state index in [0.717, 1.165) is 40.7 Å². The normalized spacial score (nSPS) is 15.3. The zero-order valence-corrected chi connectivity index (χ0v) is 15.0. The van der Waals surface area contributed by atoms with E-state index in [1.165, 1.54) is 23.5 Å². The summed E-state index contributed by atoms with van der Waals surface area (Å²) in [4.78, 5) is 18.7. The van der Waals surface area contributed by atoms with Crippen LogP contribution < -0.4 is 0 Å². The fourth-order valence-electron chi connectivity index (χ4n) is 3.11. The third-order valence-corrected chi connectivity index (χ3v) is 5.69. The summed E-state index contributed by atoms with van der Waals surface area (Å²) in [7, 11) is 0. The Morgan fingerprint density at radius 2 is 1.81 bits per heavy atom. The van der Waals surface area contributed by atoms with E-state index in [9.17, 15) is 9.18 Å². The van der Waals surface area contributed by atoms with Crippen LogP contribution in [0.3, 0.4) is 0 Å². The third-order valence-electron chi connectivity index (χ3n) is 4.56. The van der Waals surface area contributed by atoms with E-state index in [1.54, 1.807) is 18.4 Å². The highest BCUT2D eigenvalue weighted by Crippen LogP contribution is 2.29. The lowest BCUT2D eigenvalue weighted by Crippen LogP contribution is -2.48. The van der Waals surface area contributed by atoms with E-state index in [-0.39, 0.29) is 11.7 Å². The lowest BCUT2D eigenvalue weighted by molar-refractivity contribution is 0.0625. The molecule has 4 rings (SSSR count). The van der Waals surface area contributed by atoms with Crippen molar-refractivity contribution < 1.29 is 13.6 Å². The number of piperazine rings is 1. The first-order valence-electron chi connectivity index (χ1n) is 8.59. The van der Waals surface area contributed by atoms with Crippen molar-refractivity contribution in [1.82, 2.24) is 9.80 Å². The van der Waals surface area contributed by atoms with Crippen molar-refractivity contribution in [1.29, 1.82) is 0 Å². The molecule has 1 aromatic carbocycles. The number of carbonyl (C=O) groups is 1. The van der Waals surface area contributed by atoms with Crippen molar-refractivity contribution in [2.45, 2.75) is 6.54 Å². The number of carbonyl (C=O) groups excluding carboxylic acids is 1. The number of hydrogen-bond acceptors (Lipinski definition) is 4. The summed E-state index contributed by atoms with van der Waals surface area (Å²) in [5, 5.41) is 0. The molecule has 2 aromatic heterocycles. The first kappa shape index (κ1) is 17.0. The van der Waals surface area contributed by atoms with Crippen LogP contribution in [0.1, 0.15) is 15.4 Å². The predicted octanol–water partition coefficient (Wildman–Crippen LogP) is 4.11. The summed E-state index contributed by atoms with van der Waals surface area (Å²) in [6, 6.07) is 14.0. The first-order valence-corrected chi connectivity index (χ1v) is 9.40. The van der Waals surface area contributed by atoms with Gasteiger partial charge in [-0.3, -0.25) is 9.69 Å². The second-order valence-electron chi connectivity index (χ2n) is 6.32. The van der Waals surface area contributed by atoms with Gasteiger partial charge in [0.15, 0.2) is 0 Å². The molecule has 0 atom stereocenters. The Kier molecular flexibility index (Phi) is 4.86. The van der Waals surface area contributed by atoms with E-state index in [4.69, 9.17) is 4.42 Å². The molecule has 1 aliphatic heterocycles. The quantitative estimate of drug-likeness (QED) is 0.694. The summed E-state index contributed by atoms with van der Waals surface area (Å²) in [6.45, 7) is 3.88. The standard InChI is InChI=1S/C20H19FN2O2S/c21-16-5-3-15(4-6-16)18-7-8-19(26-18)20(24)23-11-9-22(10-12-23)14-17-2-1-13-25-17/h1-8,13H,9-12,14H2. The maximum atomic E-state index is 13.1. The highest BCUT2D eigenvalue weighted by Gasteiger charge is 2.23. The van der Waals surface area contributed by atoms with Gasteiger partial charge in [0.05, 0.1) is 17.7 Å². The van der Waals surface area contributed by atoms with Gasteiger partial charge in [-0.2, -0.15) is 0 Å². The molecule has 0 N–H and O–H groups in total. The molecule has 0 saturated carbocycles. The largest absolute Gasteiger partial charge is 0.468 e. The Morgan fingerprint density at radius 1 is 1.04 bits per heavy atom. The molecule has 1 fully saturated rings. The number of furan rings is 1. The monoisotopic (exact) mass is 370 g/mol. The lowest BCUT2D eigenvalue weighted by atomic mass is 10.2. The van der Waals surface area contributed by atoms with Crippen LogP contribution in [0, 0.1) is 5.82 Å². The zero-order valence-electron chi connectivity index (χ0n) is 14.2. The number of halogens is 1. The molecular formula is C20H19FN2O2S. The highest BCUT2D eigenvalue weighted by molar-refractivity contribution is 7.17. The smallest absolute Gasteiger partial charge is 0.264 e. The second-order valence-corrected chi connectivity index (χ2v) is 7.40. The predicted molar refractivity (Wildman–Crippen MR) is 99.6 cm³/mol. The van der Waals surface area contributed by atoms with Crippen LogP contribution in [-0.2, 0) is 6.54 Å². The van der Waals surface area contributed by atoms with Crippen LogP contribution in [0.5, 0.6) is 0 Å². The maximum absolute atomic E-state index is 13.1. The zero-order chi connectivity index (χ0) is 17.9. The van der Waals surface area contributed by atoms with Crippen LogP contribution in [0.2, 0.25) is 0 Å².